The Kier molecular flexibility index (Phi) is 8.43. The molecule has 1 heterocycles. The first kappa shape index (κ1) is 25.0. The van der Waals surface area contributed by atoms with Gasteiger partial charge in [0.2, 0.25) is 5.91 Å². The number of rotatable bonds is 11. The third-order valence-corrected chi connectivity index (χ3v) is 4.96. The Morgan fingerprint density at radius 3 is 2.41 bits per heavy atom. The first-order valence-corrected chi connectivity index (χ1v) is 11.2. The second kappa shape index (κ2) is 11.5. The van der Waals surface area contributed by atoms with Crippen LogP contribution < -0.4 is 14.8 Å². The smallest absolute Gasteiger partial charge is 0.333 e. The predicted octanol–water partition coefficient (Wildman–Crippen LogP) is 4.59. The minimum Gasteiger partial charge on any atom is -0.490 e. The van der Waals surface area contributed by atoms with Crippen molar-refractivity contribution in [1.29, 1.82) is 0 Å². The zero-order valence-electron chi connectivity index (χ0n) is 19.8. The van der Waals surface area contributed by atoms with Gasteiger partial charge in [-0.2, -0.15) is 0 Å². The van der Waals surface area contributed by atoms with E-state index in [1.165, 1.54) is 6.92 Å². The fourth-order valence-corrected chi connectivity index (χ4v) is 3.51. The van der Waals surface area contributed by atoms with E-state index in [-0.39, 0.29) is 25.0 Å². The van der Waals surface area contributed by atoms with Gasteiger partial charge in [-0.1, -0.05) is 24.3 Å². The average Bonchev–Trinajstić information content (AvgIpc) is 2.78. The predicted molar refractivity (Wildman–Crippen MR) is 129 cm³/mol. The van der Waals surface area contributed by atoms with E-state index in [9.17, 15) is 14.7 Å². The van der Waals surface area contributed by atoms with Gasteiger partial charge in [-0.3, -0.25) is 4.79 Å². The van der Waals surface area contributed by atoms with Crippen LogP contribution in [-0.2, 0) is 27.4 Å². The number of hydrogen-bond donors (Lipinski definition) is 2. The first-order valence-electron chi connectivity index (χ1n) is 11.2. The molecular formula is C26H30N2O6. The van der Waals surface area contributed by atoms with Crippen LogP contribution >= 0.6 is 0 Å². The molecule has 3 aromatic rings. The summed E-state index contributed by atoms with van der Waals surface area (Å²) in [7, 11) is 0. The molecule has 8 nitrogen and oxygen atoms in total. The van der Waals surface area contributed by atoms with E-state index >= 15 is 0 Å². The van der Waals surface area contributed by atoms with E-state index in [0.717, 1.165) is 10.9 Å². The Hall–Kier alpha value is -3.65. The SMILES string of the molecule is CCOC(Cc1ccc(OCc2c(NC(C)=O)nc3ccccc3c2OC(C)C)cc1)C(=O)O. The molecule has 0 aliphatic rings. The minimum atomic E-state index is -0.992. The number of para-hydroxylation sites is 1. The van der Waals surface area contributed by atoms with Gasteiger partial charge in [-0.25, -0.2) is 9.78 Å². The Balaban J connectivity index is 1.87. The molecule has 8 heteroatoms. The van der Waals surface area contributed by atoms with E-state index in [2.05, 4.69) is 10.3 Å². The number of benzene rings is 2. The molecule has 3 rings (SSSR count). The topological polar surface area (TPSA) is 107 Å². The van der Waals surface area contributed by atoms with Gasteiger partial charge >= 0.3 is 5.97 Å². The van der Waals surface area contributed by atoms with E-state index in [1.54, 1.807) is 19.1 Å². The number of nitrogens with one attached hydrogen (secondary N) is 1. The molecule has 1 aromatic heterocycles. The van der Waals surface area contributed by atoms with E-state index < -0.39 is 12.1 Å². The van der Waals surface area contributed by atoms with Crippen LogP contribution in [0.3, 0.4) is 0 Å². The molecule has 2 N–H and O–H groups in total. The largest absolute Gasteiger partial charge is 0.490 e. The number of aliphatic carboxylic acids is 1. The number of carboxylic acids is 1. The van der Waals surface area contributed by atoms with Crippen molar-refractivity contribution in [1.82, 2.24) is 4.98 Å². The van der Waals surface area contributed by atoms with Crippen LogP contribution in [0.25, 0.3) is 10.9 Å². The van der Waals surface area contributed by atoms with Gasteiger partial charge in [-0.15, -0.1) is 0 Å². The average molecular weight is 467 g/mol. The lowest BCUT2D eigenvalue weighted by atomic mass is 10.1. The van der Waals surface area contributed by atoms with Gasteiger partial charge in [0, 0.05) is 25.3 Å². The van der Waals surface area contributed by atoms with E-state index in [0.29, 0.717) is 35.0 Å². The maximum atomic E-state index is 11.8. The fourth-order valence-electron chi connectivity index (χ4n) is 3.51. The molecule has 0 radical (unpaired) electrons. The molecule has 1 amide bonds. The molecular weight excluding hydrogens is 436 g/mol. The molecule has 0 fully saturated rings. The van der Waals surface area contributed by atoms with Crippen LogP contribution in [0.5, 0.6) is 11.5 Å². The van der Waals surface area contributed by atoms with Gasteiger partial charge in [0.1, 0.15) is 23.9 Å². The summed E-state index contributed by atoms with van der Waals surface area (Å²) in [5, 5.41) is 12.9. The van der Waals surface area contributed by atoms with Crippen LogP contribution in [0, 0.1) is 0 Å². The highest BCUT2D eigenvalue weighted by molar-refractivity contribution is 5.94. The highest BCUT2D eigenvalue weighted by atomic mass is 16.5. The first-order chi connectivity index (χ1) is 16.3. The molecule has 34 heavy (non-hydrogen) atoms. The van der Waals surface area contributed by atoms with E-state index in [4.69, 9.17) is 14.2 Å². The lowest BCUT2D eigenvalue weighted by Gasteiger charge is -2.20. The van der Waals surface area contributed by atoms with Gasteiger partial charge in [0.05, 0.1) is 17.2 Å². The summed E-state index contributed by atoms with van der Waals surface area (Å²) in [6, 6.07) is 14.7. The van der Waals surface area contributed by atoms with Crippen molar-refractivity contribution in [2.75, 3.05) is 11.9 Å². The van der Waals surface area contributed by atoms with Crippen molar-refractivity contribution in [3.63, 3.8) is 0 Å². The molecule has 1 atom stereocenters. The number of carbonyl (C=O) groups is 2. The lowest BCUT2D eigenvalue weighted by Crippen LogP contribution is -2.26. The van der Waals surface area contributed by atoms with Crippen molar-refractivity contribution in [3.05, 3.63) is 59.7 Å². The standard InChI is InChI=1S/C26H30N2O6/c1-5-32-23(26(30)31)14-18-10-12-19(13-11-18)33-15-21-24(34-16(2)3)20-8-6-7-9-22(20)28-25(21)27-17(4)29/h6-13,16,23H,5,14-15H2,1-4H3,(H,30,31)(H,27,28,29). The number of hydrogen-bond acceptors (Lipinski definition) is 6. The monoisotopic (exact) mass is 466 g/mol. The Morgan fingerprint density at radius 2 is 1.79 bits per heavy atom. The zero-order chi connectivity index (χ0) is 24.7. The lowest BCUT2D eigenvalue weighted by molar-refractivity contribution is -0.149. The quantitative estimate of drug-likeness (QED) is 0.426. The van der Waals surface area contributed by atoms with Crippen molar-refractivity contribution < 1.29 is 28.9 Å². The molecule has 0 saturated heterocycles. The molecule has 0 aliphatic carbocycles. The van der Waals surface area contributed by atoms with Crippen LogP contribution in [-0.4, -0.2) is 40.8 Å². The molecule has 0 bridgehead atoms. The third kappa shape index (κ3) is 6.45. The number of carboxylic acid groups (broad SMARTS) is 1. The fraction of sp³-hybridized carbons (Fsp3) is 0.346. The van der Waals surface area contributed by atoms with Gasteiger partial charge in [0.25, 0.3) is 0 Å². The molecule has 180 valence electrons. The number of fused-ring (bicyclic) bond motifs is 1. The highest BCUT2D eigenvalue weighted by Gasteiger charge is 2.20. The summed E-state index contributed by atoms with van der Waals surface area (Å²) >= 11 is 0. The third-order valence-electron chi connectivity index (χ3n) is 4.96. The molecule has 2 aromatic carbocycles. The molecule has 1 unspecified atom stereocenters. The van der Waals surface area contributed by atoms with Crippen molar-refractivity contribution in [2.45, 2.75) is 52.9 Å². The normalized spacial score (nSPS) is 11.9. The summed E-state index contributed by atoms with van der Waals surface area (Å²) < 4.78 is 17.4. The molecule has 0 aliphatic heterocycles. The molecule has 0 spiro atoms. The summed E-state index contributed by atoms with van der Waals surface area (Å²) in [4.78, 5) is 27.8. The van der Waals surface area contributed by atoms with Gasteiger partial charge in [0.15, 0.2) is 6.10 Å². The number of pyridine rings is 1. The molecule has 0 saturated carbocycles. The number of carbonyl (C=O) groups excluding carboxylic acids is 1. The highest BCUT2D eigenvalue weighted by Crippen LogP contribution is 2.35. The number of amides is 1. The summed E-state index contributed by atoms with van der Waals surface area (Å²) in [6.07, 6.45) is -0.727. The Bertz CT molecular complexity index is 1140. The number of ether oxygens (including phenoxy) is 3. The van der Waals surface area contributed by atoms with Crippen LogP contribution in [0.1, 0.15) is 38.8 Å². The zero-order valence-corrected chi connectivity index (χ0v) is 19.8. The Labute approximate surface area is 198 Å². The number of anilines is 1. The van der Waals surface area contributed by atoms with Crippen molar-refractivity contribution >= 4 is 28.6 Å². The number of nitrogens with zero attached hydrogens (tertiary/aromatic N) is 1. The minimum absolute atomic E-state index is 0.0958. The van der Waals surface area contributed by atoms with Crippen LogP contribution in [0.15, 0.2) is 48.5 Å². The maximum Gasteiger partial charge on any atom is 0.333 e. The second-order valence-electron chi connectivity index (χ2n) is 8.05. The summed E-state index contributed by atoms with van der Waals surface area (Å²) in [5.41, 5.74) is 2.16. The maximum absolute atomic E-state index is 11.8. The summed E-state index contributed by atoms with van der Waals surface area (Å²) in [5.74, 6) is 0.353. The van der Waals surface area contributed by atoms with Crippen LogP contribution in [0.2, 0.25) is 0 Å². The second-order valence-corrected chi connectivity index (χ2v) is 8.05. The Morgan fingerprint density at radius 1 is 1.09 bits per heavy atom. The number of aromatic nitrogens is 1. The van der Waals surface area contributed by atoms with Crippen molar-refractivity contribution in [3.8, 4) is 11.5 Å². The van der Waals surface area contributed by atoms with E-state index in [1.807, 2.05) is 50.2 Å². The summed E-state index contributed by atoms with van der Waals surface area (Å²) in [6.45, 7) is 7.50. The van der Waals surface area contributed by atoms with Crippen LogP contribution in [0.4, 0.5) is 5.82 Å². The van der Waals surface area contributed by atoms with Gasteiger partial charge < -0.3 is 24.6 Å². The van der Waals surface area contributed by atoms with Gasteiger partial charge in [-0.05, 0) is 50.6 Å². The van der Waals surface area contributed by atoms with Crippen molar-refractivity contribution in [2.24, 2.45) is 0 Å².